The summed E-state index contributed by atoms with van der Waals surface area (Å²) in [6.07, 6.45) is 8.24. The quantitative estimate of drug-likeness (QED) is 0.523. The number of benzene rings is 2. The van der Waals surface area contributed by atoms with E-state index in [9.17, 15) is 14.0 Å². The number of anilines is 2. The molecule has 0 radical (unpaired) electrons. The summed E-state index contributed by atoms with van der Waals surface area (Å²) >= 11 is 0. The number of nitrogens with one attached hydrogen (secondary N) is 1. The highest BCUT2D eigenvalue weighted by Gasteiger charge is 2.28. The third-order valence-electron chi connectivity index (χ3n) is 7.10. The number of amides is 1. The summed E-state index contributed by atoms with van der Waals surface area (Å²) in [6, 6.07) is 12.7. The van der Waals surface area contributed by atoms with E-state index >= 15 is 0 Å². The van der Waals surface area contributed by atoms with Gasteiger partial charge in [0.05, 0.1) is 16.6 Å². The molecule has 1 heterocycles. The lowest BCUT2D eigenvalue weighted by Crippen LogP contribution is -2.33. The number of aromatic nitrogens is 2. The predicted molar refractivity (Wildman–Crippen MR) is 133 cm³/mol. The van der Waals surface area contributed by atoms with Crippen LogP contribution >= 0.6 is 0 Å². The molecule has 0 spiro atoms. The minimum Gasteiger partial charge on any atom is -0.369 e. The molecule has 2 aromatic carbocycles. The topological polar surface area (TPSA) is 67.2 Å². The van der Waals surface area contributed by atoms with Crippen LogP contribution in [0.4, 0.5) is 15.8 Å². The molecule has 0 saturated heterocycles. The van der Waals surface area contributed by atoms with Crippen molar-refractivity contribution in [3.05, 3.63) is 64.5 Å². The molecule has 34 heavy (non-hydrogen) atoms. The molecular weight excluding hydrogens is 431 g/mol. The summed E-state index contributed by atoms with van der Waals surface area (Å²) in [4.78, 5) is 32.3. The number of fused-ring (bicyclic) bond motifs is 1. The van der Waals surface area contributed by atoms with Crippen molar-refractivity contribution in [3.8, 4) is 0 Å². The zero-order chi connectivity index (χ0) is 23.7. The Hall–Kier alpha value is -3.22. The molecule has 178 valence electrons. The fraction of sp³-hybridized carbons (Fsp3) is 0.444. The normalized spacial score (nSPS) is 16.5. The fourth-order valence-electron chi connectivity index (χ4n) is 5.06. The van der Waals surface area contributed by atoms with Gasteiger partial charge in [0.1, 0.15) is 11.6 Å². The van der Waals surface area contributed by atoms with E-state index in [1.807, 2.05) is 30.1 Å². The molecule has 1 N–H and O–H groups in total. The van der Waals surface area contributed by atoms with Gasteiger partial charge in [-0.15, -0.1) is 0 Å². The first kappa shape index (κ1) is 22.6. The van der Waals surface area contributed by atoms with Crippen molar-refractivity contribution in [3.63, 3.8) is 0 Å². The SMILES string of the molecule is CN(c1ccc(NC(=O)CCc2nc3ccccc3c(=O)n2C2CC2)cc1F)C1CCCCC1. The maximum absolute atomic E-state index is 14.9. The van der Waals surface area contributed by atoms with Gasteiger partial charge in [-0.1, -0.05) is 31.4 Å². The molecule has 1 aromatic heterocycles. The first-order chi connectivity index (χ1) is 16.5. The number of carbonyl (C=O) groups is 1. The molecule has 6 nitrogen and oxygen atoms in total. The first-order valence-corrected chi connectivity index (χ1v) is 12.3. The van der Waals surface area contributed by atoms with E-state index in [1.54, 1.807) is 22.8 Å². The van der Waals surface area contributed by atoms with Gasteiger partial charge < -0.3 is 10.2 Å². The Morgan fingerprint density at radius 3 is 2.62 bits per heavy atom. The van der Waals surface area contributed by atoms with Crippen LogP contribution < -0.4 is 15.8 Å². The highest BCUT2D eigenvalue weighted by atomic mass is 19.1. The average Bonchev–Trinajstić information content (AvgIpc) is 3.68. The minimum absolute atomic E-state index is 0.0387. The van der Waals surface area contributed by atoms with Crippen LogP contribution in [0.2, 0.25) is 0 Å². The molecule has 0 aliphatic heterocycles. The number of para-hydroxylation sites is 1. The summed E-state index contributed by atoms with van der Waals surface area (Å²) in [5.74, 6) is 0.0826. The monoisotopic (exact) mass is 462 g/mol. The average molecular weight is 463 g/mol. The van der Waals surface area contributed by atoms with Crippen molar-refractivity contribution in [2.45, 2.75) is 69.9 Å². The largest absolute Gasteiger partial charge is 0.369 e. The molecule has 2 saturated carbocycles. The van der Waals surface area contributed by atoms with Crippen molar-refractivity contribution >= 4 is 28.2 Å². The van der Waals surface area contributed by atoms with Crippen LogP contribution in [0, 0.1) is 5.82 Å². The molecule has 1 amide bonds. The van der Waals surface area contributed by atoms with Crippen molar-refractivity contribution in [2.75, 3.05) is 17.3 Å². The summed E-state index contributed by atoms with van der Waals surface area (Å²) < 4.78 is 16.6. The van der Waals surface area contributed by atoms with Gasteiger partial charge in [-0.2, -0.15) is 0 Å². The van der Waals surface area contributed by atoms with E-state index in [-0.39, 0.29) is 29.7 Å². The van der Waals surface area contributed by atoms with Gasteiger partial charge >= 0.3 is 0 Å². The van der Waals surface area contributed by atoms with Gasteiger partial charge in [-0.3, -0.25) is 14.2 Å². The van der Waals surface area contributed by atoms with E-state index in [4.69, 9.17) is 0 Å². The molecule has 2 fully saturated rings. The Morgan fingerprint density at radius 1 is 1.12 bits per heavy atom. The lowest BCUT2D eigenvalue weighted by molar-refractivity contribution is -0.116. The number of carbonyl (C=O) groups excluding carboxylic acids is 1. The zero-order valence-corrected chi connectivity index (χ0v) is 19.6. The van der Waals surface area contributed by atoms with Gasteiger partial charge in [0.25, 0.3) is 5.56 Å². The molecule has 5 rings (SSSR count). The van der Waals surface area contributed by atoms with E-state index in [2.05, 4.69) is 10.3 Å². The van der Waals surface area contributed by atoms with Crippen LogP contribution in [0.25, 0.3) is 10.9 Å². The summed E-state index contributed by atoms with van der Waals surface area (Å²) in [6.45, 7) is 0. The van der Waals surface area contributed by atoms with Crippen LogP contribution in [-0.4, -0.2) is 28.5 Å². The maximum atomic E-state index is 14.9. The number of aryl methyl sites for hydroxylation is 1. The van der Waals surface area contributed by atoms with E-state index in [0.29, 0.717) is 40.6 Å². The van der Waals surface area contributed by atoms with Gasteiger partial charge in [-0.25, -0.2) is 9.37 Å². The Kier molecular flexibility index (Phi) is 6.35. The van der Waals surface area contributed by atoms with Crippen LogP contribution in [0.1, 0.15) is 63.2 Å². The zero-order valence-electron chi connectivity index (χ0n) is 19.6. The fourth-order valence-corrected chi connectivity index (χ4v) is 5.06. The van der Waals surface area contributed by atoms with Crippen LogP contribution in [0.3, 0.4) is 0 Å². The molecule has 0 unspecified atom stereocenters. The Labute approximate surface area is 198 Å². The van der Waals surface area contributed by atoms with Gasteiger partial charge in [0.15, 0.2) is 0 Å². The highest BCUT2D eigenvalue weighted by Crippen LogP contribution is 2.35. The molecular formula is C27H31FN4O2. The van der Waals surface area contributed by atoms with Crippen molar-refractivity contribution in [2.24, 2.45) is 0 Å². The minimum atomic E-state index is -0.329. The Bertz CT molecular complexity index is 1260. The Morgan fingerprint density at radius 2 is 1.88 bits per heavy atom. The second-order valence-corrected chi connectivity index (χ2v) is 9.57. The first-order valence-electron chi connectivity index (χ1n) is 12.3. The van der Waals surface area contributed by atoms with Crippen LogP contribution in [-0.2, 0) is 11.2 Å². The highest BCUT2D eigenvalue weighted by molar-refractivity contribution is 5.91. The second kappa shape index (κ2) is 9.57. The van der Waals surface area contributed by atoms with Crippen molar-refractivity contribution < 1.29 is 9.18 Å². The van der Waals surface area contributed by atoms with Crippen molar-refractivity contribution in [1.82, 2.24) is 9.55 Å². The molecule has 0 bridgehead atoms. The number of halogens is 1. The number of hydrogen-bond donors (Lipinski definition) is 1. The van der Waals surface area contributed by atoms with Crippen LogP contribution in [0.15, 0.2) is 47.3 Å². The van der Waals surface area contributed by atoms with Gasteiger partial charge in [0.2, 0.25) is 5.91 Å². The smallest absolute Gasteiger partial charge is 0.261 e. The van der Waals surface area contributed by atoms with Crippen LogP contribution in [0.5, 0.6) is 0 Å². The summed E-state index contributed by atoms with van der Waals surface area (Å²) in [5.41, 5.74) is 1.62. The lowest BCUT2D eigenvalue weighted by atomic mass is 9.94. The summed E-state index contributed by atoms with van der Waals surface area (Å²) in [7, 11) is 1.95. The van der Waals surface area contributed by atoms with Gasteiger partial charge in [0, 0.05) is 37.7 Å². The number of rotatable bonds is 7. The van der Waals surface area contributed by atoms with E-state index in [0.717, 1.165) is 25.7 Å². The molecule has 2 aliphatic carbocycles. The molecule has 7 heteroatoms. The third-order valence-corrected chi connectivity index (χ3v) is 7.10. The third kappa shape index (κ3) is 4.69. The predicted octanol–water partition coefficient (Wildman–Crippen LogP) is 5.21. The molecule has 2 aliphatic rings. The van der Waals surface area contributed by atoms with E-state index < -0.39 is 0 Å². The number of hydrogen-bond acceptors (Lipinski definition) is 4. The standard InChI is InChI=1S/C27H31FN4O2/c1-31(19-7-3-2-4-8-19)24-14-11-18(17-22(24)28)29-26(33)16-15-25-30-23-10-6-5-9-21(23)27(34)32(25)20-12-13-20/h5-6,9-11,14,17,19-20H,2-4,7-8,12-13,15-16H2,1H3,(H,29,33). The maximum Gasteiger partial charge on any atom is 0.261 e. The second-order valence-electron chi connectivity index (χ2n) is 9.57. The lowest BCUT2D eigenvalue weighted by Gasteiger charge is -2.33. The van der Waals surface area contributed by atoms with E-state index in [1.165, 1.54) is 25.3 Å². The molecule has 3 aromatic rings. The summed E-state index contributed by atoms with van der Waals surface area (Å²) in [5, 5.41) is 3.41. The van der Waals surface area contributed by atoms with Crippen molar-refractivity contribution in [1.29, 1.82) is 0 Å². The molecule has 0 atom stereocenters. The van der Waals surface area contributed by atoms with Gasteiger partial charge in [-0.05, 0) is 56.0 Å². The Balaban J connectivity index is 1.26. The number of nitrogens with zero attached hydrogens (tertiary/aromatic N) is 3.